The van der Waals surface area contributed by atoms with E-state index in [0.717, 1.165) is 36.8 Å². The summed E-state index contributed by atoms with van der Waals surface area (Å²) in [4.78, 5) is 16.5. The van der Waals surface area contributed by atoms with E-state index in [4.69, 9.17) is 0 Å². The zero-order valence-electron chi connectivity index (χ0n) is 13.8. The lowest BCUT2D eigenvalue weighted by atomic mass is 10.0. The van der Waals surface area contributed by atoms with Gasteiger partial charge in [0.2, 0.25) is 11.0 Å². The summed E-state index contributed by atoms with van der Waals surface area (Å²) in [7, 11) is 1.98. The van der Waals surface area contributed by atoms with E-state index in [1.165, 1.54) is 11.3 Å². The van der Waals surface area contributed by atoms with E-state index in [9.17, 15) is 4.79 Å². The lowest BCUT2D eigenvalue weighted by Gasteiger charge is -2.37. The first kappa shape index (κ1) is 16.7. The number of amides is 1. The molecule has 9 heteroatoms. The molecule has 0 unspecified atom stereocenters. The number of aryl methyl sites for hydroxylation is 1. The normalized spacial score (nSPS) is 18.0. The molecule has 24 heavy (non-hydrogen) atoms. The molecule has 8 nitrogen and oxygen atoms in total. The highest BCUT2D eigenvalue weighted by molar-refractivity contribution is 7.15. The molecule has 1 saturated heterocycles. The van der Waals surface area contributed by atoms with Crippen LogP contribution in [0.25, 0.3) is 0 Å². The van der Waals surface area contributed by atoms with Crippen LogP contribution in [0.2, 0.25) is 0 Å². The average Bonchev–Trinajstić information content (AvgIpc) is 3.00. The maximum absolute atomic E-state index is 12.2. The fourth-order valence-electron chi connectivity index (χ4n) is 2.85. The van der Waals surface area contributed by atoms with E-state index in [1.54, 1.807) is 6.20 Å². The van der Waals surface area contributed by atoms with Gasteiger partial charge >= 0.3 is 0 Å². The molecule has 0 aromatic carbocycles. The maximum Gasteiger partial charge on any atom is 0.240 e. The first-order chi connectivity index (χ1) is 11.6. The average molecular weight is 347 g/mol. The van der Waals surface area contributed by atoms with Gasteiger partial charge in [-0.2, -0.15) is 5.10 Å². The van der Waals surface area contributed by atoms with Crippen LogP contribution in [0.1, 0.15) is 17.8 Å². The second-order valence-corrected chi connectivity index (χ2v) is 7.10. The monoisotopic (exact) mass is 347 g/mol. The molecular weight excluding hydrogens is 326 g/mol. The first-order valence-corrected chi connectivity index (χ1v) is 8.76. The summed E-state index contributed by atoms with van der Waals surface area (Å²) in [6.07, 6.45) is 3.82. The van der Waals surface area contributed by atoms with E-state index >= 15 is 0 Å². The Kier molecular flexibility index (Phi) is 5.31. The molecular formula is C15H21N7OS. The van der Waals surface area contributed by atoms with Crippen molar-refractivity contribution in [2.24, 2.45) is 0 Å². The highest BCUT2D eigenvalue weighted by Gasteiger charge is 2.25. The zero-order chi connectivity index (χ0) is 16.9. The number of hydrogen-bond acceptors (Lipinski definition) is 8. The van der Waals surface area contributed by atoms with Crippen molar-refractivity contribution in [2.75, 3.05) is 36.9 Å². The van der Waals surface area contributed by atoms with Crippen molar-refractivity contribution in [1.29, 1.82) is 0 Å². The predicted octanol–water partition coefficient (Wildman–Crippen LogP) is 1.18. The van der Waals surface area contributed by atoms with Crippen molar-refractivity contribution < 1.29 is 4.79 Å². The topological polar surface area (TPSA) is 87.1 Å². The van der Waals surface area contributed by atoms with Crippen LogP contribution in [0, 0.1) is 6.92 Å². The van der Waals surface area contributed by atoms with Crippen molar-refractivity contribution in [3.63, 3.8) is 0 Å². The van der Waals surface area contributed by atoms with Gasteiger partial charge in [0.1, 0.15) is 5.01 Å². The third kappa shape index (κ3) is 4.24. The van der Waals surface area contributed by atoms with Gasteiger partial charge in [-0.25, -0.2) is 0 Å². The molecule has 0 aliphatic carbocycles. The van der Waals surface area contributed by atoms with Crippen LogP contribution >= 0.6 is 11.3 Å². The number of likely N-dealkylation sites (N-methyl/N-ethyl adjacent to an activating group) is 1. The highest BCUT2D eigenvalue weighted by Crippen LogP contribution is 2.20. The van der Waals surface area contributed by atoms with Crippen LogP contribution < -0.4 is 10.2 Å². The Morgan fingerprint density at radius 2 is 2.33 bits per heavy atom. The minimum absolute atomic E-state index is 0.0646. The Labute approximate surface area is 144 Å². The molecule has 1 aliphatic rings. The molecule has 128 valence electrons. The molecule has 3 rings (SSSR count). The van der Waals surface area contributed by atoms with Crippen molar-refractivity contribution >= 4 is 28.2 Å². The molecule has 1 atom stereocenters. The molecule has 0 radical (unpaired) electrons. The Bertz CT molecular complexity index is 677. The predicted molar refractivity (Wildman–Crippen MR) is 93.2 cm³/mol. The molecule has 0 saturated carbocycles. The number of piperidine rings is 1. The SMILES string of the molecule is Cc1nnc(NC(=O)CN(C)[C@H]2CCCN(c3cccnn3)C2)s1. The molecule has 1 aliphatic heterocycles. The first-order valence-electron chi connectivity index (χ1n) is 7.94. The number of hydrogen-bond donors (Lipinski definition) is 1. The quantitative estimate of drug-likeness (QED) is 0.869. The minimum atomic E-state index is -0.0646. The summed E-state index contributed by atoms with van der Waals surface area (Å²) in [5.74, 6) is 0.828. The summed E-state index contributed by atoms with van der Waals surface area (Å²) in [6.45, 7) is 4.01. The fourth-order valence-corrected chi connectivity index (χ4v) is 3.45. The number of anilines is 2. The van der Waals surface area contributed by atoms with Crippen LogP contribution in [0.15, 0.2) is 18.3 Å². The van der Waals surface area contributed by atoms with Gasteiger partial charge in [0.15, 0.2) is 5.82 Å². The van der Waals surface area contributed by atoms with Crippen molar-refractivity contribution in [2.45, 2.75) is 25.8 Å². The van der Waals surface area contributed by atoms with E-state index in [0.29, 0.717) is 17.7 Å². The summed E-state index contributed by atoms with van der Waals surface area (Å²) in [5, 5.41) is 20.1. The standard InChI is InChI=1S/C15H21N7OS/c1-11-18-20-15(24-11)17-14(23)10-21(2)12-5-4-8-22(9-12)13-6-3-7-16-19-13/h3,6-7,12H,4-5,8-10H2,1-2H3,(H,17,20,23)/t12-/m0/s1. The molecule has 1 N–H and O–H groups in total. The van der Waals surface area contributed by atoms with E-state index in [2.05, 4.69) is 35.5 Å². The van der Waals surface area contributed by atoms with Gasteiger partial charge in [-0.3, -0.25) is 15.0 Å². The van der Waals surface area contributed by atoms with Gasteiger partial charge in [0.05, 0.1) is 6.54 Å². The van der Waals surface area contributed by atoms with Crippen molar-refractivity contribution in [3.8, 4) is 0 Å². The molecule has 1 fully saturated rings. The summed E-state index contributed by atoms with van der Waals surface area (Å²) in [5.41, 5.74) is 0. The zero-order valence-corrected chi connectivity index (χ0v) is 14.7. The lowest BCUT2D eigenvalue weighted by molar-refractivity contribution is -0.117. The van der Waals surface area contributed by atoms with Crippen molar-refractivity contribution in [1.82, 2.24) is 25.3 Å². The van der Waals surface area contributed by atoms with Gasteiger partial charge in [-0.15, -0.1) is 15.3 Å². The molecule has 3 heterocycles. The Morgan fingerprint density at radius 3 is 3.04 bits per heavy atom. The van der Waals surface area contributed by atoms with Crippen molar-refractivity contribution in [3.05, 3.63) is 23.3 Å². The number of nitrogens with one attached hydrogen (secondary N) is 1. The van der Waals surface area contributed by atoms with Crippen LogP contribution in [-0.4, -0.2) is 63.9 Å². The van der Waals surface area contributed by atoms with Crippen LogP contribution in [0.5, 0.6) is 0 Å². The number of rotatable bonds is 5. The second kappa shape index (κ2) is 7.63. The second-order valence-electron chi connectivity index (χ2n) is 5.91. The fraction of sp³-hybridized carbons (Fsp3) is 0.533. The number of carbonyl (C=O) groups excluding carboxylic acids is 1. The Balaban J connectivity index is 1.54. The van der Waals surface area contributed by atoms with Gasteiger partial charge < -0.3 is 4.90 Å². The molecule has 0 bridgehead atoms. The van der Waals surface area contributed by atoms with Gasteiger partial charge in [0.25, 0.3) is 0 Å². The maximum atomic E-state index is 12.2. The molecule has 2 aromatic rings. The van der Waals surface area contributed by atoms with Gasteiger partial charge in [0, 0.05) is 25.3 Å². The Hall–Kier alpha value is -2.13. The number of carbonyl (C=O) groups is 1. The number of nitrogens with zero attached hydrogens (tertiary/aromatic N) is 6. The third-order valence-electron chi connectivity index (χ3n) is 4.07. The lowest BCUT2D eigenvalue weighted by Crippen LogP contribution is -2.48. The number of aromatic nitrogens is 4. The minimum Gasteiger partial charge on any atom is -0.354 e. The summed E-state index contributed by atoms with van der Waals surface area (Å²) < 4.78 is 0. The largest absolute Gasteiger partial charge is 0.354 e. The smallest absolute Gasteiger partial charge is 0.240 e. The van der Waals surface area contributed by atoms with Crippen LogP contribution in [0.4, 0.5) is 10.9 Å². The van der Waals surface area contributed by atoms with E-state index in [-0.39, 0.29) is 5.91 Å². The third-order valence-corrected chi connectivity index (χ3v) is 4.82. The van der Waals surface area contributed by atoms with E-state index in [1.807, 2.05) is 26.1 Å². The molecule has 0 spiro atoms. The highest BCUT2D eigenvalue weighted by atomic mass is 32.1. The molecule has 2 aromatic heterocycles. The van der Waals surface area contributed by atoms with E-state index < -0.39 is 0 Å². The van der Waals surface area contributed by atoms with Crippen LogP contribution in [0.3, 0.4) is 0 Å². The Morgan fingerprint density at radius 1 is 1.46 bits per heavy atom. The van der Waals surface area contributed by atoms with Gasteiger partial charge in [-0.05, 0) is 38.9 Å². The summed E-state index contributed by atoms with van der Waals surface area (Å²) >= 11 is 1.38. The summed E-state index contributed by atoms with van der Waals surface area (Å²) in [6, 6.07) is 4.18. The van der Waals surface area contributed by atoms with Gasteiger partial charge in [-0.1, -0.05) is 11.3 Å². The van der Waals surface area contributed by atoms with Crippen LogP contribution in [-0.2, 0) is 4.79 Å². The molecule has 1 amide bonds.